The number of benzene rings is 1. The van der Waals surface area contributed by atoms with Crippen LogP contribution in [0.15, 0.2) is 22.7 Å². The first kappa shape index (κ1) is 12.4. The quantitative estimate of drug-likeness (QED) is 0.619. The molecule has 1 fully saturated rings. The van der Waals surface area contributed by atoms with Crippen LogP contribution in [0.3, 0.4) is 0 Å². The standard InChI is InChI=1S/C12H15BrN2O2/c1-9-4-3-7-14(8-9)12-10(13)5-2-6-11(12)15(16)17/h2,5-6,9H,3-4,7-8H2,1H3. The van der Waals surface area contributed by atoms with E-state index in [-0.39, 0.29) is 10.6 Å². The minimum atomic E-state index is -0.306. The number of para-hydroxylation sites is 1. The summed E-state index contributed by atoms with van der Waals surface area (Å²) < 4.78 is 0.806. The van der Waals surface area contributed by atoms with Gasteiger partial charge in [-0.3, -0.25) is 10.1 Å². The molecule has 0 aliphatic carbocycles. The van der Waals surface area contributed by atoms with Gasteiger partial charge < -0.3 is 4.90 Å². The van der Waals surface area contributed by atoms with Gasteiger partial charge in [0.05, 0.1) is 4.92 Å². The zero-order valence-electron chi connectivity index (χ0n) is 9.73. The Hall–Kier alpha value is -1.10. The molecule has 1 aromatic rings. The van der Waals surface area contributed by atoms with E-state index in [0.717, 1.165) is 29.7 Å². The molecule has 0 radical (unpaired) electrons. The molecule has 1 heterocycles. The second-order valence-electron chi connectivity index (χ2n) is 4.56. The first-order valence-electron chi connectivity index (χ1n) is 5.77. The van der Waals surface area contributed by atoms with E-state index in [0.29, 0.717) is 5.92 Å². The van der Waals surface area contributed by atoms with Crippen molar-refractivity contribution in [3.8, 4) is 0 Å². The first-order chi connectivity index (χ1) is 8.09. The monoisotopic (exact) mass is 298 g/mol. The van der Waals surface area contributed by atoms with E-state index in [2.05, 4.69) is 27.8 Å². The van der Waals surface area contributed by atoms with Crippen LogP contribution in [0.5, 0.6) is 0 Å². The molecule has 5 heteroatoms. The van der Waals surface area contributed by atoms with Crippen LogP contribution >= 0.6 is 15.9 Å². The maximum absolute atomic E-state index is 11.1. The largest absolute Gasteiger partial charge is 0.365 e. The highest BCUT2D eigenvalue weighted by Gasteiger charge is 2.25. The van der Waals surface area contributed by atoms with E-state index in [1.807, 2.05) is 6.07 Å². The Bertz CT molecular complexity index is 437. The second-order valence-corrected chi connectivity index (χ2v) is 5.41. The summed E-state index contributed by atoms with van der Waals surface area (Å²) in [6.07, 6.45) is 2.30. The number of nitro benzene ring substituents is 1. The summed E-state index contributed by atoms with van der Waals surface area (Å²) in [5.41, 5.74) is 0.914. The normalized spacial score (nSPS) is 20.4. The number of hydrogen-bond donors (Lipinski definition) is 0. The third kappa shape index (κ3) is 2.60. The zero-order chi connectivity index (χ0) is 12.4. The van der Waals surface area contributed by atoms with Gasteiger partial charge in [-0.15, -0.1) is 0 Å². The highest BCUT2D eigenvalue weighted by atomic mass is 79.9. The summed E-state index contributed by atoms with van der Waals surface area (Å²) in [7, 11) is 0. The van der Waals surface area contributed by atoms with Crippen LogP contribution in [-0.4, -0.2) is 18.0 Å². The van der Waals surface area contributed by atoms with Crippen molar-refractivity contribution in [3.05, 3.63) is 32.8 Å². The van der Waals surface area contributed by atoms with Crippen molar-refractivity contribution < 1.29 is 4.92 Å². The van der Waals surface area contributed by atoms with Crippen molar-refractivity contribution in [1.29, 1.82) is 0 Å². The third-order valence-corrected chi connectivity index (χ3v) is 3.78. The molecule has 0 amide bonds. The number of anilines is 1. The number of nitrogens with zero attached hydrogens (tertiary/aromatic N) is 2. The van der Waals surface area contributed by atoms with Gasteiger partial charge >= 0.3 is 0 Å². The highest BCUT2D eigenvalue weighted by molar-refractivity contribution is 9.10. The van der Waals surface area contributed by atoms with Crippen molar-refractivity contribution >= 4 is 27.3 Å². The lowest BCUT2D eigenvalue weighted by Gasteiger charge is -2.32. The van der Waals surface area contributed by atoms with Crippen LogP contribution in [0, 0.1) is 16.0 Å². The average Bonchev–Trinajstić information content (AvgIpc) is 2.28. The Morgan fingerprint density at radius 2 is 2.29 bits per heavy atom. The lowest BCUT2D eigenvalue weighted by atomic mass is 9.99. The molecule has 17 heavy (non-hydrogen) atoms. The molecule has 1 aliphatic heterocycles. The van der Waals surface area contributed by atoms with Gasteiger partial charge in [-0.2, -0.15) is 0 Å². The van der Waals surface area contributed by atoms with Crippen molar-refractivity contribution in [2.45, 2.75) is 19.8 Å². The molecule has 0 N–H and O–H groups in total. The molecule has 1 aromatic carbocycles. The maximum atomic E-state index is 11.1. The van der Waals surface area contributed by atoms with Gasteiger partial charge in [0.15, 0.2) is 0 Å². The molecular weight excluding hydrogens is 284 g/mol. The molecule has 1 atom stereocenters. The third-order valence-electron chi connectivity index (χ3n) is 3.14. The summed E-state index contributed by atoms with van der Waals surface area (Å²) in [5.74, 6) is 0.593. The molecular formula is C12H15BrN2O2. The van der Waals surface area contributed by atoms with E-state index in [1.165, 1.54) is 6.42 Å². The predicted octanol–water partition coefficient (Wildman–Crippen LogP) is 3.59. The van der Waals surface area contributed by atoms with Gasteiger partial charge in [0.2, 0.25) is 0 Å². The minimum absolute atomic E-state index is 0.188. The lowest BCUT2D eigenvalue weighted by molar-refractivity contribution is -0.384. The number of rotatable bonds is 2. The van der Waals surface area contributed by atoms with Crippen LogP contribution in [-0.2, 0) is 0 Å². The van der Waals surface area contributed by atoms with Gasteiger partial charge in [-0.25, -0.2) is 0 Å². The van der Waals surface area contributed by atoms with E-state index >= 15 is 0 Å². The van der Waals surface area contributed by atoms with E-state index < -0.39 is 0 Å². The molecule has 1 aliphatic rings. The molecule has 92 valence electrons. The molecule has 1 unspecified atom stereocenters. The predicted molar refractivity (Wildman–Crippen MR) is 71.4 cm³/mol. The molecule has 1 saturated heterocycles. The van der Waals surface area contributed by atoms with Crippen molar-refractivity contribution in [2.24, 2.45) is 5.92 Å². The Morgan fingerprint density at radius 3 is 2.94 bits per heavy atom. The van der Waals surface area contributed by atoms with Crippen LogP contribution in [0.4, 0.5) is 11.4 Å². The van der Waals surface area contributed by atoms with Crippen molar-refractivity contribution in [3.63, 3.8) is 0 Å². The van der Waals surface area contributed by atoms with Crippen LogP contribution in [0.1, 0.15) is 19.8 Å². The van der Waals surface area contributed by atoms with E-state index in [9.17, 15) is 10.1 Å². The Kier molecular flexibility index (Phi) is 3.66. The summed E-state index contributed by atoms with van der Waals surface area (Å²) in [6.45, 7) is 3.98. The van der Waals surface area contributed by atoms with Gasteiger partial charge in [0.1, 0.15) is 5.69 Å². The van der Waals surface area contributed by atoms with Crippen LogP contribution < -0.4 is 4.90 Å². The van der Waals surface area contributed by atoms with Crippen LogP contribution in [0.2, 0.25) is 0 Å². The first-order valence-corrected chi connectivity index (χ1v) is 6.56. The molecule has 0 aromatic heterocycles. The van der Waals surface area contributed by atoms with E-state index in [1.54, 1.807) is 12.1 Å². The fraction of sp³-hybridized carbons (Fsp3) is 0.500. The summed E-state index contributed by atoms with van der Waals surface area (Å²) in [5, 5.41) is 11.1. The Labute approximate surface area is 109 Å². The SMILES string of the molecule is CC1CCCN(c2c(Br)cccc2[N+](=O)[O-])C1. The number of nitro groups is 1. The van der Waals surface area contributed by atoms with Crippen LogP contribution in [0.25, 0.3) is 0 Å². The second kappa shape index (κ2) is 5.04. The topological polar surface area (TPSA) is 46.4 Å². The molecule has 0 bridgehead atoms. The van der Waals surface area contributed by atoms with Gasteiger partial charge in [-0.05, 0) is 40.8 Å². The van der Waals surface area contributed by atoms with Gasteiger partial charge in [0.25, 0.3) is 5.69 Å². The number of halogens is 1. The molecule has 2 rings (SSSR count). The minimum Gasteiger partial charge on any atom is -0.365 e. The summed E-state index contributed by atoms with van der Waals surface area (Å²) in [4.78, 5) is 12.9. The fourth-order valence-corrected chi connectivity index (χ4v) is 2.96. The van der Waals surface area contributed by atoms with Gasteiger partial charge in [-0.1, -0.05) is 13.0 Å². The zero-order valence-corrected chi connectivity index (χ0v) is 11.3. The molecule has 4 nitrogen and oxygen atoms in total. The number of piperidine rings is 1. The molecule has 0 saturated carbocycles. The Morgan fingerprint density at radius 1 is 1.53 bits per heavy atom. The van der Waals surface area contributed by atoms with Crippen molar-refractivity contribution in [2.75, 3.05) is 18.0 Å². The van der Waals surface area contributed by atoms with Gasteiger partial charge in [0, 0.05) is 23.6 Å². The highest BCUT2D eigenvalue weighted by Crippen LogP contribution is 2.37. The molecule has 0 spiro atoms. The van der Waals surface area contributed by atoms with E-state index in [4.69, 9.17) is 0 Å². The lowest BCUT2D eigenvalue weighted by Crippen LogP contribution is -2.34. The summed E-state index contributed by atoms with van der Waals surface area (Å²) in [6, 6.07) is 5.14. The fourth-order valence-electron chi connectivity index (χ4n) is 2.36. The smallest absolute Gasteiger partial charge is 0.293 e. The maximum Gasteiger partial charge on any atom is 0.293 e. The van der Waals surface area contributed by atoms with Crippen molar-refractivity contribution in [1.82, 2.24) is 0 Å². The number of hydrogen-bond acceptors (Lipinski definition) is 3. The average molecular weight is 299 g/mol. The summed E-state index contributed by atoms with van der Waals surface area (Å²) >= 11 is 3.42. The Balaban J connectivity index is 2.39.